The fourth-order valence-electron chi connectivity index (χ4n) is 3.64. The second-order valence-electron chi connectivity index (χ2n) is 6.72. The molecule has 2 aliphatic heterocycles. The second kappa shape index (κ2) is 7.30. The van der Waals surface area contributed by atoms with Gasteiger partial charge in [-0.1, -0.05) is 46.6 Å². The quantitative estimate of drug-likeness (QED) is 0.597. The van der Waals surface area contributed by atoms with Crippen molar-refractivity contribution in [1.82, 2.24) is 9.80 Å². The van der Waals surface area contributed by atoms with Crippen LogP contribution in [0.2, 0.25) is 15.1 Å². The van der Waals surface area contributed by atoms with E-state index in [2.05, 4.69) is 35.0 Å². The highest BCUT2D eigenvalue weighted by atomic mass is 35.5. The van der Waals surface area contributed by atoms with Crippen LogP contribution in [-0.4, -0.2) is 43.0 Å². The number of likely N-dealkylation sites (N-methyl/N-ethyl adjacent to an activating group) is 1. The lowest BCUT2D eigenvalue weighted by Gasteiger charge is -2.38. The lowest BCUT2D eigenvalue weighted by atomic mass is 9.96. The highest BCUT2D eigenvalue weighted by Crippen LogP contribution is 2.47. The standard InChI is InChI=1S/C19H19Cl3N2S/c1-23-4-6-24(7-5-23)17-9-12-8-14(21)11-16(22)19(12)25-18-3-2-13(20)10-15(17)18/h2-3,8,10-11,17H,4-7,9H2,1H3. The number of hydrogen-bond acceptors (Lipinski definition) is 3. The van der Waals surface area contributed by atoms with Gasteiger partial charge in [-0.2, -0.15) is 0 Å². The molecule has 132 valence electrons. The summed E-state index contributed by atoms with van der Waals surface area (Å²) in [5.41, 5.74) is 2.52. The summed E-state index contributed by atoms with van der Waals surface area (Å²) in [4.78, 5) is 7.30. The van der Waals surface area contributed by atoms with Crippen LogP contribution in [0.1, 0.15) is 17.2 Å². The highest BCUT2D eigenvalue weighted by molar-refractivity contribution is 7.99. The van der Waals surface area contributed by atoms with Crippen LogP contribution in [0.3, 0.4) is 0 Å². The van der Waals surface area contributed by atoms with Gasteiger partial charge >= 0.3 is 0 Å². The topological polar surface area (TPSA) is 6.48 Å². The Morgan fingerprint density at radius 2 is 1.72 bits per heavy atom. The van der Waals surface area contributed by atoms with E-state index in [4.69, 9.17) is 34.8 Å². The minimum atomic E-state index is 0.297. The molecule has 2 aromatic rings. The third kappa shape index (κ3) is 3.69. The Bertz CT molecular complexity index is 803. The fraction of sp³-hybridized carbons (Fsp3) is 0.368. The molecule has 25 heavy (non-hydrogen) atoms. The Balaban J connectivity index is 1.80. The van der Waals surface area contributed by atoms with Crippen molar-refractivity contribution in [2.24, 2.45) is 0 Å². The Kier molecular flexibility index (Phi) is 5.25. The van der Waals surface area contributed by atoms with E-state index >= 15 is 0 Å². The van der Waals surface area contributed by atoms with Gasteiger partial charge in [-0.3, -0.25) is 4.90 Å². The van der Waals surface area contributed by atoms with Crippen molar-refractivity contribution in [2.45, 2.75) is 22.3 Å². The van der Waals surface area contributed by atoms with Gasteiger partial charge in [0.2, 0.25) is 0 Å². The van der Waals surface area contributed by atoms with Crippen LogP contribution in [0.4, 0.5) is 0 Å². The molecule has 0 radical (unpaired) electrons. The van der Waals surface area contributed by atoms with Gasteiger partial charge in [-0.15, -0.1) is 0 Å². The van der Waals surface area contributed by atoms with Crippen molar-refractivity contribution in [3.63, 3.8) is 0 Å². The van der Waals surface area contributed by atoms with E-state index in [0.29, 0.717) is 11.1 Å². The summed E-state index contributed by atoms with van der Waals surface area (Å²) in [6.07, 6.45) is 0.902. The molecular formula is C19H19Cl3N2S. The van der Waals surface area contributed by atoms with Crippen molar-refractivity contribution in [1.29, 1.82) is 0 Å². The average molecular weight is 414 g/mol. The molecule has 0 N–H and O–H groups in total. The Morgan fingerprint density at radius 3 is 2.48 bits per heavy atom. The van der Waals surface area contributed by atoms with E-state index in [1.807, 2.05) is 12.1 Å². The molecule has 1 atom stereocenters. The minimum absolute atomic E-state index is 0.297. The van der Waals surface area contributed by atoms with Crippen molar-refractivity contribution >= 4 is 46.6 Å². The van der Waals surface area contributed by atoms with Gasteiger partial charge in [0.15, 0.2) is 0 Å². The third-order valence-electron chi connectivity index (χ3n) is 5.02. The molecule has 6 heteroatoms. The van der Waals surface area contributed by atoms with Gasteiger partial charge in [0, 0.05) is 52.1 Å². The zero-order valence-corrected chi connectivity index (χ0v) is 17.0. The number of benzene rings is 2. The number of nitrogens with zero attached hydrogens (tertiary/aromatic N) is 2. The molecule has 0 amide bonds. The van der Waals surface area contributed by atoms with Crippen LogP contribution in [0.15, 0.2) is 40.1 Å². The minimum Gasteiger partial charge on any atom is -0.304 e. The molecule has 0 spiro atoms. The van der Waals surface area contributed by atoms with E-state index in [9.17, 15) is 0 Å². The first-order valence-electron chi connectivity index (χ1n) is 8.39. The van der Waals surface area contributed by atoms with E-state index < -0.39 is 0 Å². The zero-order valence-electron chi connectivity index (χ0n) is 13.9. The fourth-order valence-corrected chi connectivity index (χ4v) is 5.57. The van der Waals surface area contributed by atoms with E-state index in [1.54, 1.807) is 11.8 Å². The Labute approximate surface area is 168 Å². The van der Waals surface area contributed by atoms with Gasteiger partial charge in [-0.25, -0.2) is 0 Å². The molecule has 2 heterocycles. The molecule has 2 nitrogen and oxygen atoms in total. The SMILES string of the molecule is CN1CCN(C2Cc3cc(Cl)cc(Cl)c3Sc3ccc(Cl)cc32)CC1. The van der Waals surface area contributed by atoms with Gasteiger partial charge in [0.1, 0.15) is 0 Å². The molecule has 1 fully saturated rings. The first-order chi connectivity index (χ1) is 12.0. The molecular weight excluding hydrogens is 395 g/mol. The molecule has 0 saturated carbocycles. The smallest absolute Gasteiger partial charge is 0.0563 e. The summed E-state index contributed by atoms with van der Waals surface area (Å²) >= 11 is 20.9. The largest absolute Gasteiger partial charge is 0.304 e. The summed E-state index contributed by atoms with van der Waals surface area (Å²) in [5.74, 6) is 0. The average Bonchev–Trinajstić information content (AvgIpc) is 2.73. The first-order valence-corrected chi connectivity index (χ1v) is 10.3. The molecule has 2 aromatic carbocycles. The molecule has 1 saturated heterocycles. The Morgan fingerprint density at radius 1 is 0.960 bits per heavy atom. The van der Waals surface area contributed by atoms with Crippen LogP contribution < -0.4 is 0 Å². The lowest BCUT2D eigenvalue weighted by Crippen LogP contribution is -2.46. The summed E-state index contributed by atoms with van der Waals surface area (Å²) in [6, 6.07) is 10.4. The number of halogens is 3. The Hall–Kier alpha value is -0.420. The number of hydrogen-bond donors (Lipinski definition) is 0. The lowest BCUT2D eigenvalue weighted by molar-refractivity contribution is 0.110. The van der Waals surface area contributed by atoms with Crippen molar-refractivity contribution in [3.8, 4) is 0 Å². The van der Waals surface area contributed by atoms with Gasteiger partial charge in [0.25, 0.3) is 0 Å². The van der Waals surface area contributed by atoms with Crippen molar-refractivity contribution < 1.29 is 0 Å². The normalized spacial score (nSPS) is 21.5. The molecule has 2 aliphatic rings. The number of rotatable bonds is 1. The summed E-state index contributed by atoms with van der Waals surface area (Å²) in [6.45, 7) is 4.29. The highest BCUT2D eigenvalue weighted by Gasteiger charge is 2.30. The molecule has 1 unspecified atom stereocenters. The molecule has 0 aliphatic carbocycles. The van der Waals surface area contributed by atoms with Gasteiger partial charge in [0.05, 0.1) is 5.02 Å². The third-order valence-corrected chi connectivity index (χ3v) is 7.16. The zero-order chi connectivity index (χ0) is 17.6. The predicted molar refractivity (Wildman–Crippen MR) is 108 cm³/mol. The van der Waals surface area contributed by atoms with E-state index in [1.165, 1.54) is 16.0 Å². The maximum absolute atomic E-state index is 6.52. The van der Waals surface area contributed by atoms with Crippen molar-refractivity contribution in [2.75, 3.05) is 33.2 Å². The van der Waals surface area contributed by atoms with Gasteiger partial charge in [-0.05, 0) is 54.9 Å². The summed E-state index contributed by atoms with van der Waals surface area (Å²) < 4.78 is 0. The van der Waals surface area contributed by atoms with Crippen LogP contribution in [0.25, 0.3) is 0 Å². The first kappa shape index (κ1) is 18.0. The molecule has 0 bridgehead atoms. The van der Waals surface area contributed by atoms with Gasteiger partial charge < -0.3 is 4.90 Å². The van der Waals surface area contributed by atoms with Crippen LogP contribution in [-0.2, 0) is 6.42 Å². The maximum Gasteiger partial charge on any atom is 0.0563 e. The van der Waals surface area contributed by atoms with E-state index in [0.717, 1.165) is 47.5 Å². The maximum atomic E-state index is 6.52. The summed E-state index contributed by atoms with van der Waals surface area (Å²) in [5, 5.41) is 2.21. The number of piperazine rings is 1. The molecule has 0 aromatic heterocycles. The molecule has 4 rings (SSSR count). The van der Waals surface area contributed by atoms with Crippen LogP contribution in [0, 0.1) is 0 Å². The second-order valence-corrected chi connectivity index (χ2v) is 9.05. The summed E-state index contributed by atoms with van der Waals surface area (Å²) in [7, 11) is 2.18. The van der Waals surface area contributed by atoms with E-state index in [-0.39, 0.29) is 0 Å². The van der Waals surface area contributed by atoms with Crippen LogP contribution >= 0.6 is 46.6 Å². The van der Waals surface area contributed by atoms with Crippen molar-refractivity contribution in [3.05, 3.63) is 56.5 Å². The monoisotopic (exact) mass is 412 g/mol. The number of fused-ring (bicyclic) bond motifs is 2. The predicted octanol–water partition coefficient (Wildman–Crippen LogP) is 5.64. The van der Waals surface area contributed by atoms with Crippen LogP contribution in [0.5, 0.6) is 0 Å².